The Kier molecular flexibility index (Phi) is 4.52. The third-order valence-electron chi connectivity index (χ3n) is 2.98. The SMILES string of the molecule is CCNC(c1ccnnc1)c1ccc(F)c(C(F)(F)F)c1. The summed E-state index contributed by atoms with van der Waals surface area (Å²) in [6, 6.07) is 4.13. The lowest BCUT2D eigenvalue weighted by Crippen LogP contribution is -2.23. The van der Waals surface area contributed by atoms with Gasteiger partial charge in [0, 0.05) is 6.20 Å². The molecule has 0 radical (unpaired) electrons. The molecule has 2 rings (SSSR count). The van der Waals surface area contributed by atoms with Crippen molar-refractivity contribution in [3.05, 3.63) is 59.2 Å². The van der Waals surface area contributed by atoms with Gasteiger partial charge in [-0.25, -0.2) is 4.39 Å². The average molecular weight is 299 g/mol. The summed E-state index contributed by atoms with van der Waals surface area (Å²) in [4.78, 5) is 0. The van der Waals surface area contributed by atoms with Crippen molar-refractivity contribution in [1.82, 2.24) is 15.5 Å². The van der Waals surface area contributed by atoms with E-state index in [1.54, 1.807) is 6.07 Å². The number of halogens is 4. The molecule has 112 valence electrons. The molecule has 2 aromatic rings. The third kappa shape index (κ3) is 3.55. The topological polar surface area (TPSA) is 37.8 Å². The van der Waals surface area contributed by atoms with Crippen LogP contribution in [0.2, 0.25) is 0 Å². The number of nitrogens with one attached hydrogen (secondary N) is 1. The van der Waals surface area contributed by atoms with Crippen LogP contribution in [0.1, 0.15) is 29.7 Å². The zero-order chi connectivity index (χ0) is 15.5. The monoisotopic (exact) mass is 299 g/mol. The van der Waals surface area contributed by atoms with Crippen LogP contribution in [0, 0.1) is 5.82 Å². The Bertz CT molecular complexity index is 599. The van der Waals surface area contributed by atoms with Gasteiger partial charge in [-0.3, -0.25) is 0 Å². The molecule has 1 unspecified atom stereocenters. The fourth-order valence-corrected chi connectivity index (χ4v) is 2.04. The van der Waals surface area contributed by atoms with Gasteiger partial charge >= 0.3 is 6.18 Å². The summed E-state index contributed by atoms with van der Waals surface area (Å²) in [5, 5.41) is 10.4. The molecular formula is C14H13F4N3. The summed E-state index contributed by atoms with van der Waals surface area (Å²) >= 11 is 0. The standard InChI is InChI=1S/C14H13F4N3/c1-2-19-13(10-5-6-20-21-8-10)9-3-4-12(15)11(7-9)14(16,17)18/h3-8,13,19H,2H2,1H3. The van der Waals surface area contributed by atoms with Crippen LogP contribution in [-0.4, -0.2) is 16.7 Å². The summed E-state index contributed by atoms with van der Waals surface area (Å²) in [6.07, 6.45) is -1.81. The van der Waals surface area contributed by atoms with Crippen LogP contribution >= 0.6 is 0 Å². The van der Waals surface area contributed by atoms with Gasteiger partial charge in [0.2, 0.25) is 0 Å². The van der Waals surface area contributed by atoms with E-state index in [0.29, 0.717) is 17.7 Å². The van der Waals surface area contributed by atoms with Gasteiger partial charge in [0.25, 0.3) is 0 Å². The molecule has 1 heterocycles. The summed E-state index contributed by atoms with van der Waals surface area (Å²) in [5.41, 5.74) is -0.296. The fraction of sp³-hybridized carbons (Fsp3) is 0.286. The van der Waals surface area contributed by atoms with E-state index >= 15 is 0 Å². The molecule has 0 aliphatic rings. The fourth-order valence-electron chi connectivity index (χ4n) is 2.04. The van der Waals surface area contributed by atoms with Crippen molar-refractivity contribution in [2.45, 2.75) is 19.1 Å². The number of nitrogens with zero attached hydrogens (tertiary/aromatic N) is 2. The molecule has 1 aromatic heterocycles. The second kappa shape index (κ2) is 6.17. The zero-order valence-electron chi connectivity index (χ0n) is 11.2. The minimum absolute atomic E-state index is 0.318. The first kappa shape index (κ1) is 15.4. The number of aromatic nitrogens is 2. The van der Waals surface area contributed by atoms with Gasteiger partial charge in [0.15, 0.2) is 0 Å². The Hall–Kier alpha value is -2.02. The van der Waals surface area contributed by atoms with Crippen molar-refractivity contribution in [2.24, 2.45) is 0 Å². The number of benzene rings is 1. The van der Waals surface area contributed by atoms with Crippen molar-refractivity contribution < 1.29 is 17.6 Å². The largest absolute Gasteiger partial charge is 0.419 e. The van der Waals surface area contributed by atoms with E-state index in [9.17, 15) is 17.6 Å². The first-order chi connectivity index (χ1) is 9.93. The highest BCUT2D eigenvalue weighted by molar-refractivity contribution is 5.34. The second-order valence-electron chi connectivity index (χ2n) is 4.40. The highest BCUT2D eigenvalue weighted by Gasteiger charge is 2.34. The van der Waals surface area contributed by atoms with E-state index in [1.165, 1.54) is 18.5 Å². The van der Waals surface area contributed by atoms with E-state index < -0.39 is 23.6 Å². The van der Waals surface area contributed by atoms with Crippen molar-refractivity contribution in [1.29, 1.82) is 0 Å². The zero-order valence-corrected chi connectivity index (χ0v) is 11.2. The normalized spacial score (nSPS) is 13.2. The van der Waals surface area contributed by atoms with Crippen LogP contribution in [-0.2, 0) is 6.18 Å². The average Bonchev–Trinajstić information content (AvgIpc) is 2.45. The summed E-state index contributed by atoms with van der Waals surface area (Å²) in [7, 11) is 0. The maximum absolute atomic E-state index is 13.4. The first-order valence-corrected chi connectivity index (χ1v) is 6.30. The van der Waals surface area contributed by atoms with Crippen LogP contribution in [0.4, 0.5) is 17.6 Å². The van der Waals surface area contributed by atoms with Crippen LogP contribution in [0.3, 0.4) is 0 Å². The van der Waals surface area contributed by atoms with Crippen LogP contribution < -0.4 is 5.32 Å². The van der Waals surface area contributed by atoms with Crippen LogP contribution in [0.25, 0.3) is 0 Å². The number of hydrogen-bond acceptors (Lipinski definition) is 3. The first-order valence-electron chi connectivity index (χ1n) is 6.30. The van der Waals surface area contributed by atoms with Gasteiger partial charge in [-0.05, 0) is 35.9 Å². The molecule has 3 nitrogen and oxygen atoms in total. The second-order valence-corrected chi connectivity index (χ2v) is 4.40. The van der Waals surface area contributed by atoms with Gasteiger partial charge in [-0.1, -0.05) is 13.0 Å². The van der Waals surface area contributed by atoms with Gasteiger partial charge in [0.1, 0.15) is 5.82 Å². The summed E-state index contributed by atoms with van der Waals surface area (Å²) in [6.45, 7) is 2.36. The molecule has 7 heteroatoms. The molecule has 1 aromatic carbocycles. The Morgan fingerprint density at radius 1 is 1.14 bits per heavy atom. The number of alkyl halides is 3. The smallest absolute Gasteiger partial charge is 0.306 e. The van der Waals surface area contributed by atoms with Crippen LogP contribution in [0.5, 0.6) is 0 Å². The lowest BCUT2D eigenvalue weighted by molar-refractivity contribution is -0.140. The van der Waals surface area contributed by atoms with Gasteiger partial charge in [-0.15, -0.1) is 0 Å². The Morgan fingerprint density at radius 3 is 2.48 bits per heavy atom. The Balaban J connectivity index is 2.47. The Morgan fingerprint density at radius 2 is 1.90 bits per heavy atom. The van der Waals surface area contributed by atoms with E-state index in [1.807, 2.05) is 6.92 Å². The molecule has 0 amide bonds. The van der Waals surface area contributed by atoms with E-state index in [-0.39, 0.29) is 0 Å². The molecule has 1 N–H and O–H groups in total. The van der Waals surface area contributed by atoms with E-state index in [2.05, 4.69) is 15.5 Å². The predicted octanol–water partition coefficient (Wildman–Crippen LogP) is 3.33. The number of hydrogen-bond donors (Lipinski definition) is 1. The molecule has 0 fully saturated rings. The van der Waals surface area contributed by atoms with Gasteiger partial charge < -0.3 is 5.32 Å². The van der Waals surface area contributed by atoms with Crippen molar-refractivity contribution in [2.75, 3.05) is 6.54 Å². The molecule has 21 heavy (non-hydrogen) atoms. The van der Waals surface area contributed by atoms with E-state index in [4.69, 9.17) is 0 Å². The predicted molar refractivity (Wildman–Crippen MR) is 69.0 cm³/mol. The molecule has 0 aliphatic carbocycles. The van der Waals surface area contributed by atoms with Gasteiger partial charge in [0.05, 0.1) is 17.8 Å². The molecule has 0 saturated carbocycles. The molecule has 1 atom stereocenters. The quantitative estimate of drug-likeness (QED) is 0.880. The van der Waals surface area contributed by atoms with Gasteiger partial charge in [-0.2, -0.15) is 23.4 Å². The maximum atomic E-state index is 13.4. The molecule has 0 saturated heterocycles. The number of rotatable bonds is 4. The highest BCUT2D eigenvalue weighted by atomic mass is 19.4. The van der Waals surface area contributed by atoms with E-state index in [0.717, 1.165) is 12.1 Å². The van der Waals surface area contributed by atoms with Crippen molar-refractivity contribution in [3.8, 4) is 0 Å². The van der Waals surface area contributed by atoms with Crippen LogP contribution in [0.15, 0.2) is 36.7 Å². The minimum Gasteiger partial charge on any atom is -0.306 e. The minimum atomic E-state index is -4.73. The maximum Gasteiger partial charge on any atom is 0.419 e. The summed E-state index contributed by atoms with van der Waals surface area (Å²) in [5.74, 6) is -1.28. The molecule has 0 spiro atoms. The molecular weight excluding hydrogens is 286 g/mol. The lowest BCUT2D eigenvalue weighted by Gasteiger charge is -2.20. The highest BCUT2D eigenvalue weighted by Crippen LogP contribution is 2.34. The lowest BCUT2D eigenvalue weighted by atomic mass is 9.98. The van der Waals surface area contributed by atoms with Crippen molar-refractivity contribution in [3.63, 3.8) is 0 Å². The van der Waals surface area contributed by atoms with Crippen molar-refractivity contribution >= 4 is 0 Å². The Labute approximate surface area is 119 Å². The molecule has 0 aliphatic heterocycles. The molecule has 0 bridgehead atoms. The summed E-state index contributed by atoms with van der Waals surface area (Å²) < 4.78 is 51.7. The third-order valence-corrected chi connectivity index (χ3v) is 2.98.